The summed E-state index contributed by atoms with van der Waals surface area (Å²) in [7, 11) is 3.04. The summed E-state index contributed by atoms with van der Waals surface area (Å²) in [4.78, 5) is 44.3. The van der Waals surface area contributed by atoms with E-state index in [1.54, 1.807) is 19.3 Å². The number of ether oxygens (including phenoxy) is 1. The number of H-pyrrole nitrogens is 1. The largest absolute Gasteiger partial charge is 0.465 e. The molecule has 9 heteroatoms. The molecule has 0 radical (unpaired) electrons. The van der Waals surface area contributed by atoms with Crippen LogP contribution in [0.2, 0.25) is 0 Å². The third-order valence-electron chi connectivity index (χ3n) is 6.07. The first-order valence-corrected chi connectivity index (χ1v) is 11.8. The molecule has 0 spiro atoms. The van der Waals surface area contributed by atoms with Gasteiger partial charge < -0.3 is 24.5 Å². The fraction of sp³-hybridized carbons (Fsp3) is 0.240. The van der Waals surface area contributed by atoms with Crippen molar-refractivity contribution in [3.8, 4) is 10.4 Å². The summed E-state index contributed by atoms with van der Waals surface area (Å²) < 4.78 is 6.50. The van der Waals surface area contributed by atoms with E-state index in [9.17, 15) is 14.4 Å². The fourth-order valence-corrected chi connectivity index (χ4v) is 5.56. The van der Waals surface area contributed by atoms with Gasteiger partial charge in [-0.2, -0.15) is 0 Å². The van der Waals surface area contributed by atoms with Crippen molar-refractivity contribution in [2.24, 2.45) is 7.05 Å². The summed E-state index contributed by atoms with van der Waals surface area (Å²) in [6.07, 6.45) is 2.66. The van der Waals surface area contributed by atoms with E-state index < -0.39 is 5.97 Å². The number of nitrogens with one attached hydrogen (secondary N) is 2. The topological polar surface area (TPSA) is 96.4 Å². The molecule has 4 aromatic rings. The molecule has 0 saturated heterocycles. The van der Waals surface area contributed by atoms with E-state index >= 15 is 0 Å². The number of methoxy groups -OCH3 is 1. The summed E-state index contributed by atoms with van der Waals surface area (Å²) in [5.41, 5.74) is 4.41. The lowest BCUT2D eigenvalue weighted by atomic mass is 10.1. The van der Waals surface area contributed by atoms with Crippen LogP contribution in [0.4, 0.5) is 11.4 Å². The number of thiophene rings is 1. The molecule has 4 heterocycles. The number of aromatic nitrogens is 2. The van der Waals surface area contributed by atoms with Gasteiger partial charge in [0.2, 0.25) is 0 Å². The van der Waals surface area contributed by atoms with Crippen LogP contribution in [0.5, 0.6) is 0 Å². The number of carbonyl (C=O) groups excluding carboxylic acids is 2. The molecule has 0 bridgehead atoms. The van der Waals surface area contributed by atoms with E-state index in [0.29, 0.717) is 28.0 Å². The number of aryl methyl sites for hydroxylation is 1. The van der Waals surface area contributed by atoms with Crippen LogP contribution in [0.3, 0.4) is 0 Å². The Kier molecular flexibility index (Phi) is 5.49. The first-order valence-electron chi connectivity index (χ1n) is 11.0. The highest BCUT2D eigenvalue weighted by atomic mass is 32.1. The smallest absolute Gasteiger partial charge is 0.348 e. The summed E-state index contributed by atoms with van der Waals surface area (Å²) in [6, 6.07) is 11.8. The highest BCUT2D eigenvalue weighted by Crippen LogP contribution is 2.46. The zero-order chi connectivity index (χ0) is 24.0. The summed E-state index contributed by atoms with van der Waals surface area (Å²) in [5, 5.41) is 3.40. The molecular weight excluding hydrogens is 452 g/mol. The molecule has 0 unspecified atom stereocenters. The zero-order valence-electron chi connectivity index (χ0n) is 19.1. The maximum absolute atomic E-state index is 12.9. The van der Waals surface area contributed by atoms with Gasteiger partial charge in [-0.3, -0.25) is 9.59 Å². The van der Waals surface area contributed by atoms with Gasteiger partial charge in [0.25, 0.3) is 11.5 Å². The van der Waals surface area contributed by atoms with E-state index in [4.69, 9.17) is 4.74 Å². The maximum atomic E-state index is 12.9. The van der Waals surface area contributed by atoms with Crippen LogP contribution in [0.15, 0.2) is 47.4 Å². The number of amides is 1. The second kappa shape index (κ2) is 8.49. The van der Waals surface area contributed by atoms with Crippen LogP contribution >= 0.6 is 11.3 Å². The number of carbonyl (C=O) groups is 2. The van der Waals surface area contributed by atoms with Crippen molar-refractivity contribution >= 4 is 45.5 Å². The Labute approximate surface area is 199 Å². The maximum Gasteiger partial charge on any atom is 0.348 e. The van der Waals surface area contributed by atoms with Gasteiger partial charge in [0.15, 0.2) is 0 Å². The van der Waals surface area contributed by atoms with Gasteiger partial charge in [0.05, 0.1) is 17.7 Å². The van der Waals surface area contributed by atoms with E-state index in [2.05, 4.69) is 27.3 Å². The average Bonchev–Trinajstić information content (AvgIpc) is 3.57. The van der Waals surface area contributed by atoms with Crippen molar-refractivity contribution < 1.29 is 14.3 Å². The Morgan fingerprint density at radius 2 is 2.00 bits per heavy atom. The van der Waals surface area contributed by atoms with Crippen molar-refractivity contribution in [1.82, 2.24) is 14.9 Å². The number of hydrogen-bond donors (Lipinski definition) is 2. The number of benzene rings is 1. The van der Waals surface area contributed by atoms with Crippen molar-refractivity contribution in [3.63, 3.8) is 0 Å². The Hall–Kier alpha value is -3.85. The van der Waals surface area contributed by atoms with Gasteiger partial charge in [-0.1, -0.05) is 18.2 Å². The highest BCUT2D eigenvalue weighted by molar-refractivity contribution is 7.18. The van der Waals surface area contributed by atoms with Crippen LogP contribution < -0.4 is 15.8 Å². The molecule has 8 nitrogen and oxygen atoms in total. The SMILES string of the molecule is CCNC(=O)c1cc2c(-c3sc(C(=O)OC)cc3N3CCc4ccccc43)cn(C)c(=O)c2[nH]1. The van der Waals surface area contributed by atoms with Crippen LogP contribution in [0.25, 0.3) is 21.3 Å². The molecule has 1 aliphatic heterocycles. The predicted octanol–water partition coefficient (Wildman–Crippen LogP) is 3.83. The minimum absolute atomic E-state index is 0.230. The van der Waals surface area contributed by atoms with E-state index in [0.717, 1.165) is 34.8 Å². The van der Waals surface area contributed by atoms with Gasteiger partial charge in [0, 0.05) is 43.0 Å². The second-order valence-electron chi connectivity index (χ2n) is 8.14. The lowest BCUT2D eigenvalue weighted by molar-refractivity contribution is 0.0606. The van der Waals surface area contributed by atoms with Crippen LogP contribution in [-0.4, -0.2) is 41.6 Å². The Bertz CT molecular complexity index is 1500. The molecule has 2 N–H and O–H groups in total. The quantitative estimate of drug-likeness (QED) is 0.427. The van der Waals surface area contributed by atoms with Gasteiger partial charge in [-0.05, 0) is 37.1 Å². The van der Waals surface area contributed by atoms with E-state index in [-0.39, 0.29) is 11.5 Å². The van der Waals surface area contributed by atoms with E-state index in [1.807, 2.05) is 25.1 Å². The minimum atomic E-state index is -0.414. The molecule has 1 amide bonds. The normalized spacial score (nSPS) is 12.7. The Morgan fingerprint density at radius 1 is 1.21 bits per heavy atom. The Balaban J connectivity index is 1.75. The van der Waals surface area contributed by atoms with Gasteiger partial charge in [-0.15, -0.1) is 11.3 Å². The summed E-state index contributed by atoms with van der Waals surface area (Å²) in [5.74, 6) is -0.690. The molecule has 1 aromatic carbocycles. The molecule has 0 saturated carbocycles. The number of anilines is 2. The molecule has 0 fully saturated rings. The molecule has 5 rings (SSSR count). The van der Waals surface area contributed by atoms with Gasteiger partial charge in [0.1, 0.15) is 16.1 Å². The van der Waals surface area contributed by atoms with Crippen molar-refractivity contribution in [2.45, 2.75) is 13.3 Å². The lowest BCUT2D eigenvalue weighted by Crippen LogP contribution is -2.23. The second-order valence-corrected chi connectivity index (χ2v) is 9.19. The molecular formula is C25H24N4O4S. The monoisotopic (exact) mass is 476 g/mol. The first-order chi connectivity index (χ1) is 16.4. The number of hydrogen-bond acceptors (Lipinski definition) is 6. The molecule has 34 heavy (non-hydrogen) atoms. The molecule has 174 valence electrons. The van der Waals surface area contributed by atoms with Crippen LogP contribution in [0, 0.1) is 0 Å². The zero-order valence-corrected chi connectivity index (χ0v) is 19.9. The third kappa shape index (κ3) is 3.49. The lowest BCUT2D eigenvalue weighted by Gasteiger charge is -2.20. The van der Waals surface area contributed by atoms with Crippen LogP contribution in [-0.2, 0) is 18.2 Å². The first kappa shape index (κ1) is 22.0. The highest BCUT2D eigenvalue weighted by Gasteiger charge is 2.28. The molecule has 1 aliphatic rings. The molecule has 3 aromatic heterocycles. The number of esters is 1. The summed E-state index contributed by atoms with van der Waals surface area (Å²) in [6.45, 7) is 3.09. The van der Waals surface area contributed by atoms with Crippen LogP contribution in [0.1, 0.15) is 32.6 Å². The number of rotatable bonds is 5. The summed E-state index contributed by atoms with van der Waals surface area (Å²) >= 11 is 1.32. The number of aromatic amines is 1. The standard InChI is InChI=1S/C25H24N4O4S/c1-4-26-23(30)17-11-15-16(13-28(2)24(31)21(15)27-17)22-19(12-20(34-22)25(32)33-3)29-10-9-14-7-5-6-8-18(14)29/h5-8,11-13,27H,4,9-10H2,1-3H3,(H,26,30). The number of pyridine rings is 1. The van der Waals surface area contributed by atoms with Crippen molar-refractivity contribution in [3.05, 3.63) is 69.1 Å². The third-order valence-corrected chi connectivity index (χ3v) is 7.21. The average molecular weight is 477 g/mol. The number of fused-ring (bicyclic) bond motifs is 2. The Morgan fingerprint density at radius 3 is 2.76 bits per heavy atom. The van der Waals surface area contributed by atoms with Crippen molar-refractivity contribution in [2.75, 3.05) is 25.1 Å². The molecule has 0 aliphatic carbocycles. The fourth-order valence-electron chi connectivity index (χ4n) is 4.46. The number of para-hydroxylation sites is 1. The van der Waals surface area contributed by atoms with Gasteiger partial charge >= 0.3 is 5.97 Å². The van der Waals surface area contributed by atoms with Crippen molar-refractivity contribution in [1.29, 1.82) is 0 Å². The predicted molar refractivity (Wildman–Crippen MR) is 133 cm³/mol. The van der Waals surface area contributed by atoms with Gasteiger partial charge in [-0.25, -0.2) is 4.79 Å². The minimum Gasteiger partial charge on any atom is -0.465 e. The van der Waals surface area contributed by atoms with E-state index in [1.165, 1.54) is 28.6 Å². The molecule has 0 atom stereocenters. The number of nitrogens with zero attached hydrogens (tertiary/aromatic N) is 2.